The van der Waals surface area contributed by atoms with Crippen LogP contribution in [0.5, 0.6) is 0 Å². The van der Waals surface area contributed by atoms with E-state index in [1.54, 1.807) is 38.5 Å². The summed E-state index contributed by atoms with van der Waals surface area (Å²) in [6, 6.07) is 12.3. The topological polar surface area (TPSA) is 62.7 Å². The largest absolute Gasteiger partial charge is 0.384 e. The Morgan fingerprint density at radius 1 is 1.10 bits per heavy atom. The number of hydrogen-bond donors (Lipinski definition) is 0. The summed E-state index contributed by atoms with van der Waals surface area (Å²) in [5.41, 5.74) is 2.74. The van der Waals surface area contributed by atoms with E-state index >= 15 is 0 Å². The normalized spacial score (nSPS) is 18.8. The highest BCUT2D eigenvalue weighted by Gasteiger charge is 2.44. The molecule has 3 rings (SSSR count). The second-order valence-electron chi connectivity index (χ2n) is 8.25. The molecule has 1 saturated heterocycles. The number of carbonyl (C=O) groups excluding carboxylic acids is 2. The molecule has 0 bridgehead atoms. The number of carbonyl (C=O) groups is 2. The highest BCUT2D eigenvalue weighted by atomic mass is 16.5. The molecule has 1 aromatic carbocycles. The molecule has 1 aliphatic rings. The van der Waals surface area contributed by atoms with Gasteiger partial charge in [-0.15, -0.1) is 0 Å². The lowest BCUT2D eigenvalue weighted by molar-refractivity contribution is -0.147. The van der Waals surface area contributed by atoms with Crippen LogP contribution in [0.2, 0.25) is 0 Å². The second-order valence-corrected chi connectivity index (χ2v) is 8.25. The van der Waals surface area contributed by atoms with Crippen molar-refractivity contribution in [3.63, 3.8) is 0 Å². The molecule has 6 heteroatoms. The molecular weight excluding hydrogens is 378 g/mol. The van der Waals surface area contributed by atoms with Gasteiger partial charge in [-0.05, 0) is 48.1 Å². The van der Waals surface area contributed by atoms with Gasteiger partial charge in [0.15, 0.2) is 0 Å². The van der Waals surface area contributed by atoms with E-state index in [-0.39, 0.29) is 11.8 Å². The molecule has 0 spiro atoms. The molecule has 0 unspecified atom stereocenters. The van der Waals surface area contributed by atoms with Crippen molar-refractivity contribution in [2.24, 2.45) is 5.41 Å². The van der Waals surface area contributed by atoms with Gasteiger partial charge in [0.2, 0.25) is 11.8 Å². The predicted molar refractivity (Wildman–Crippen MR) is 117 cm³/mol. The van der Waals surface area contributed by atoms with Crippen molar-refractivity contribution in [3.8, 4) is 11.1 Å². The number of benzene rings is 1. The Balaban J connectivity index is 1.82. The van der Waals surface area contributed by atoms with E-state index in [0.29, 0.717) is 32.5 Å². The molecule has 1 atom stereocenters. The van der Waals surface area contributed by atoms with Crippen LogP contribution < -0.4 is 0 Å². The first-order valence-corrected chi connectivity index (χ1v) is 10.4. The van der Waals surface area contributed by atoms with Crippen molar-refractivity contribution in [2.45, 2.75) is 25.7 Å². The van der Waals surface area contributed by atoms with Crippen LogP contribution in [0, 0.1) is 5.41 Å². The smallest absolute Gasteiger partial charge is 0.230 e. The second kappa shape index (κ2) is 9.85. The fourth-order valence-electron chi connectivity index (χ4n) is 4.31. The number of aromatic nitrogens is 1. The van der Waals surface area contributed by atoms with Crippen molar-refractivity contribution in [3.05, 3.63) is 54.4 Å². The van der Waals surface area contributed by atoms with Gasteiger partial charge in [-0.2, -0.15) is 0 Å². The number of likely N-dealkylation sites (tertiary alicyclic amines) is 1. The van der Waals surface area contributed by atoms with E-state index < -0.39 is 5.41 Å². The zero-order valence-corrected chi connectivity index (χ0v) is 18.1. The molecule has 0 radical (unpaired) electrons. The molecule has 2 heterocycles. The van der Waals surface area contributed by atoms with E-state index in [9.17, 15) is 9.59 Å². The van der Waals surface area contributed by atoms with Crippen LogP contribution >= 0.6 is 0 Å². The first-order chi connectivity index (χ1) is 14.4. The van der Waals surface area contributed by atoms with Gasteiger partial charge in [-0.3, -0.25) is 14.6 Å². The van der Waals surface area contributed by atoms with Crippen LogP contribution in [0.4, 0.5) is 0 Å². The summed E-state index contributed by atoms with van der Waals surface area (Å²) in [6.45, 7) is 1.56. The molecule has 6 nitrogen and oxygen atoms in total. The lowest BCUT2D eigenvalue weighted by Crippen LogP contribution is -2.54. The maximum atomic E-state index is 13.3. The van der Waals surface area contributed by atoms with Gasteiger partial charge in [0.1, 0.15) is 0 Å². The summed E-state index contributed by atoms with van der Waals surface area (Å²) >= 11 is 0. The maximum Gasteiger partial charge on any atom is 0.230 e. The first kappa shape index (κ1) is 22.0. The highest BCUT2D eigenvalue weighted by Crippen LogP contribution is 2.36. The zero-order chi connectivity index (χ0) is 21.6. The van der Waals surface area contributed by atoms with Crippen LogP contribution in [0.15, 0.2) is 48.8 Å². The number of pyridine rings is 1. The molecule has 1 aliphatic heterocycles. The quantitative estimate of drug-likeness (QED) is 0.705. The number of rotatable bonds is 7. The van der Waals surface area contributed by atoms with Crippen LogP contribution in [0.25, 0.3) is 11.1 Å². The van der Waals surface area contributed by atoms with Gasteiger partial charge < -0.3 is 14.5 Å². The Morgan fingerprint density at radius 2 is 1.77 bits per heavy atom. The third-order valence-corrected chi connectivity index (χ3v) is 5.82. The van der Waals surface area contributed by atoms with Crippen LogP contribution in [-0.4, -0.2) is 67.5 Å². The lowest BCUT2D eigenvalue weighted by atomic mass is 9.73. The molecule has 0 aliphatic carbocycles. The van der Waals surface area contributed by atoms with E-state index in [4.69, 9.17) is 4.74 Å². The average Bonchev–Trinajstić information content (AvgIpc) is 2.78. The van der Waals surface area contributed by atoms with E-state index in [1.165, 1.54) is 0 Å². The third kappa shape index (κ3) is 5.05. The molecule has 0 saturated carbocycles. The molecule has 2 aromatic rings. The average molecular weight is 410 g/mol. The Bertz CT molecular complexity index is 852. The summed E-state index contributed by atoms with van der Waals surface area (Å²) in [5.74, 6) is 0.144. The molecule has 30 heavy (non-hydrogen) atoms. The van der Waals surface area contributed by atoms with Gasteiger partial charge >= 0.3 is 0 Å². The monoisotopic (exact) mass is 409 g/mol. The van der Waals surface area contributed by atoms with Crippen molar-refractivity contribution >= 4 is 11.8 Å². The summed E-state index contributed by atoms with van der Waals surface area (Å²) in [5, 5.41) is 0. The van der Waals surface area contributed by atoms with Gasteiger partial charge in [-0.25, -0.2) is 0 Å². The highest BCUT2D eigenvalue weighted by molar-refractivity contribution is 5.85. The summed E-state index contributed by atoms with van der Waals surface area (Å²) in [7, 11) is 5.18. The number of ether oxygens (including phenoxy) is 1. The third-order valence-electron chi connectivity index (χ3n) is 5.82. The molecule has 0 N–H and O–H groups in total. The molecule has 1 aromatic heterocycles. The first-order valence-electron chi connectivity index (χ1n) is 10.4. The van der Waals surface area contributed by atoms with Crippen LogP contribution in [0.1, 0.15) is 24.8 Å². The Kier molecular flexibility index (Phi) is 7.21. The fourth-order valence-corrected chi connectivity index (χ4v) is 4.31. The molecule has 1 fully saturated rings. The number of hydrogen-bond acceptors (Lipinski definition) is 4. The Morgan fingerprint density at radius 3 is 2.40 bits per heavy atom. The van der Waals surface area contributed by atoms with Gasteiger partial charge in [0, 0.05) is 46.7 Å². The minimum Gasteiger partial charge on any atom is -0.384 e. The number of methoxy groups -OCH3 is 1. The van der Waals surface area contributed by atoms with E-state index in [2.05, 4.69) is 29.2 Å². The Labute approximate surface area is 178 Å². The fraction of sp³-hybridized carbons (Fsp3) is 0.458. The predicted octanol–water partition coefficient (Wildman–Crippen LogP) is 3.02. The van der Waals surface area contributed by atoms with Crippen LogP contribution in [-0.2, 0) is 20.7 Å². The minimum absolute atomic E-state index is 0.0560. The van der Waals surface area contributed by atoms with Crippen molar-refractivity contribution in [2.75, 3.05) is 40.9 Å². The van der Waals surface area contributed by atoms with Gasteiger partial charge in [0.25, 0.3) is 0 Å². The molecular formula is C24H31N3O3. The zero-order valence-electron chi connectivity index (χ0n) is 18.1. The lowest BCUT2D eigenvalue weighted by Gasteiger charge is -2.43. The minimum atomic E-state index is -0.595. The van der Waals surface area contributed by atoms with Gasteiger partial charge in [-0.1, -0.05) is 24.3 Å². The van der Waals surface area contributed by atoms with E-state index in [0.717, 1.165) is 29.5 Å². The summed E-state index contributed by atoms with van der Waals surface area (Å²) in [4.78, 5) is 33.4. The summed E-state index contributed by atoms with van der Waals surface area (Å²) in [6.07, 6.45) is 6.14. The molecule has 2 amide bonds. The summed E-state index contributed by atoms with van der Waals surface area (Å²) < 4.78 is 5.06. The van der Waals surface area contributed by atoms with E-state index in [1.807, 2.05) is 17.0 Å². The number of piperidine rings is 1. The van der Waals surface area contributed by atoms with Crippen molar-refractivity contribution in [1.82, 2.24) is 14.8 Å². The molecule has 160 valence electrons. The van der Waals surface area contributed by atoms with Crippen LogP contribution in [0.3, 0.4) is 0 Å². The van der Waals surface area contributed by atoms with Crippen molar-refractivity contribution < 1.29 is 14.3 Å². The standard InChI is InChI=1S/C24H31N3O3/c1-26(2)23(29)24(12-4-15-27(18-24)22(28)11-16-30-3)17-19-5-7-20(8-6-19)21-9-13-25-14-10-21/h5-10,13-14H,4,11-12,15-18H2,1-3H3/t24-/m0/s1. The number of nitrogens with zero attached hydrogens (tertiary/aromatic N) is 3. The number of amides is 2. The SMILES string of the molecule is COCCC(=O)N1CCC[C@@](Cc2ccc(-c3ccncc3)cc2)(C(=O)N(C)C)C1. The van der Waals surface area contributed by atoms with Gasteiger partial charge in [0.05, 0.1) is 18.4 Å². The maximum absolute atomic E-state index is 13.3. The van der Waals surface area contributed by atoms with Crippen molar-refractivity contribution in [1.29, 1.82) is 0 Å². The Hall–Kier alpha value is -2.73.